The third-order valence-electron chi connectivity index (χ3n) is 3.72. The first-order chi connectivity index (χ1) is 7.86. The molecule has 100 valence electrons. The fourth-order valence-electron chi connectivity index (χ4n) is 2.03. The molecule has 17 heavy (non-hydrogen) atoms. The Kier molecular flexibility index (Phi) is 4.95. The molecule has 1 amide bonds. The number of carbonyl (C=O) groups excluding carboxylic acids is 1. The van der Waals surface area contributed by atoms with Crippen molar-refractivity contribution in [2.75, 3.05) is 19.6 Å². The Hall–Kier alpha value is -0.610. The van der Waals surface area contributed by atoms with Crippen molar-refractivity contribution in [1.29, 1.82) is 0 Å². The van der Waals surface area contributed by atoms with Crippen molar-refractivity contribution in [3.05, 3.63) is 0 Å². The van der Waals surface area contributed by atoms with E-state index >= 15 is 0 Å². The van der Waals surface area contributed by atoms with Gasteiger partial charge in [-0.25, -0.2) is 0 Å². The van der Waals surface area contributed by atoms with Crippen LogP contribution in [0.1, 0.15) is 40.5 Å². The number of amides is 1. The number of hydrogen-bond acceptors (Lipinski definition) is 3. The van der Waals surface area contributed by atoms with E-state index in [-0.39, 0.29) is 5.91 Å². The molecule has 0 spiro atoms. The van der Waals surface area contributed by atoms with Gasteiger partial charge >= 0.3 is 0 Å². The molecule has 4 nitrogen and oxygen atoms in total. The Bertz CT molecular complexity index is 255. The van der Waals surface area contributed by atoms with Gasteiger partial charge in [0, 0.05) is 31.7 Å². The van der Waals surface area contributed by atoms with Crippen LogP contribution < -0.4 is 11.1 Å². The van der Waals surface area contributed by atoms with Gasteiger partial charge in [0.25, 0.3) is 0 Å². The van der Waals surface area contributed by atoms with Crippen LogP contribution in [0.2, 0.25) is 0 Å². The maximum atomic E-state index is 12.0. The highest BCUT2D eigenvalue weighted by atomic mass is 16.2. The van der Waals surface area contributed by atoms with Gasteiger partial charge in [-0.2, -0.15) is 0 Å². The summed E-state index contributed by atoms with van der Waals surface area (Å²) >= 11 is 0. The van der Waals surface area contributed by atoms with E-state index in [0.29, 0.717) is 18.6 Å². The lowest BCUT2D eigenvalue weighted by molar-refractivity contribution is -0.129. The van der Waals surface area contributed by atoms with E-state index in [9.17, 15) is 4.79 Å². The second-order valence-corrected chi connectivity index (χ2v) is 5.97. The number of nitrogens with one attached hydrogen (secondary N) is 1. The largest absolute Gasteiger partial charge is 0.353 e. The highest BCUT2D eigenvalue weighted by Gasteiger charge is 2.29. The maximum Gasteiger partial charge on any atom is 0.227 e. The van der Waals surface area contributed by atoms with Gasteiger partial charge in [-0.3, -0.25) is 4.79 Å². The van der Waals surface area contributed by atoms with Crippen molar-refractivity contribution in [3.8, 4) is 0 Å². The zero-order chi connectivity index (χ0) is 13.1. The molecule has 0 aromatic carbocycles. The Morgan fingerprint density at radius 3 is 2.35 bits per heavy atom. The predicted molar refractivity (Wildman–Crippen MR) is 70.7 cm³/mol. The Balaban J connectivity index is 2.38. The smallest absolute Gasteiger partial charge is 0.227 e. The molecule has 0 unspecified atom stereocenters. The fourth-order valence-corrected chi connectivity index (χ4v) is 2.03. The van der Waals surface area contributed by atoms with Crippen LogP contribution in [0.15, 0.2) is 0 Å². The van der Waals surface area contributed by atoms with Gasteiger partial charge < -0.3 is 16.0 Å². The van der Waals surface area contributed by atoms with E-state index in [0.717, 1.165) is 25.9 Å². The van der Waals surface area contributed by atoms with Gasteiger partial charge in [0.15, 0.2) is 0 Å². The van der Waals surface area contributed by atoms with E-state index in [1.54, 1.807) is 0 Å². The minimum absolute atomic E-state index is 0.0861. The van der Waals surface area contributed by atoms with Crippen molar-refractivity contribution < 1.29 is 4.79 Å². The molecule has 0 aromatic heterocycles. The molecule has 1 aliphatic heterocycles. The van der Waals surface area contributed by atoms with Gasteiger partial charge in [0.2, 0.25) is 5.91 Å². The standard InChI is InChI=1S/C13H27N3O/c1-10(2)16-7-5-11(6-8-16)15-12(17)13(3,4)9-14/h10-11H,5-9,14H2,1-4H3,(H,15,17). The summed E-state index contributed by atoms with van der Waals surface area (Å²) < 4.78 is 0. The zero-order valence-electron chi connectivity index (χ0n) is 11.6. The lowest BCUT2D eigenvalue weighted by Gasteiger charge is -2.36. The maximum absolute atomic E-state index is 12.0. The summed E-state index contributed by atoms with van der Waals surface area (Å²) in [5.41, 5.74) is 5.16. The van der Waals surface area contributed by atoms with Crippen molar-refractivity contribution in [1.82, 2.24) is 10.2 Å². The van der Waals surface area contributed by atoms with E-state index in [1.807, 2.05) is 13.8 Å². The molecule has 0 aliphatic carbocycles. The van der Waals surface area contributed by atoms with E-state index in [4.69, 9.17) is 5.73 Å². The van der Waals surface area contributed by atoms with Crippen molar-refractivity contribution in [3.63, 3.8) is 0 Å². The fraction of sp³-hybridized carbons (Fsp3) is 0.923. The molecule has 0 aromatic rings. The first-order valence-electron chi connectivity index (χ1n) is 6.62. The number of nitrogens with two attached hydrogens (primary N) is 1. The van der Waals surface area contributed by atoms with Crippen LogP contribution in [-0.4, -0.2) is 42.5 Å². The highest BCUT2D eigenvalue weighted by molar-refractivity contribution is 5.82. The third kappa shape index (κ3) is 3.96. The van der Waals surface area contributed by atoms with Crippen LogP contribution in [0.3, 0.4) is 0 Å². The molecule has 4 heteroatoms. The second-order valence-electron chi connectivity index (χ2n) is 5.97. The number of piperidine rings is 1. The van der Waals surface area contributed by atoms with Crippen LogP contribution in [0.4, 0.5) is 0 Å². The first kappa shape index (κ1) is 14.5. The molecule has 1 fully saturated rings. The average molecular weight is 241 g/mol. The van der Waals surface area contributed by atoms with Gasteiger partial charge in [0.1, 0.15) is 0 Å². The number of rotatable bonds is 4. The van der Waals surface area contributed by atoms with Crippen LogP contribution in [0.5, 0.6) is 0 Å². The normalized spacial score (nSPS) is 19.6. The van der Waals surface area contributed by atoms with Crippen LogP contribution in [-0.2, 0) is 4.79 Å². The summed E-state index contributed by atoms with van der Waals surface area (Å²) in [6.07, 6.45) is 2.09. The minimum Gasteiger partial charge on any atom is -0.353 e. The molecular formula is C13H27N3O. The van der Waals surface area contributed by atoms with E-state index in [1.165, 1.54) is 0 Å². The molecular weight excluding hydrogens is 214 g/mol. The molecule has 1 heterocycles. The molecule has 0 saturated carbocycles. The van der Waals surface area contributed by atoms with Crippen molar-refractivity contribution in [2.24, 2.45) is 11.1 Å². The number of likely N-dealkylation sites (tertiary alicyclic amines) is 1. The molecule has 0 radical (unpaired) electrons. The van der Waals surface area contributed by atoms with Gasteiger partial charge in [-0.05, 0) is 40.5 Å². The number of hydrogen-bond donors (Lipinski definition) is 2. The highest BCUT2D eigenvalue weighted by Crippen LogP contribution is 2.17. The van der Waals surface area contributed by atoms with Crippen LogP contribution in [0.25, 0.3) is 0 Å². The van der Waals surface area contributed by atoms with E-state index in [2.05, 4.69) is 24.1 Å². The summed E-state index contributed by atoms with van der Waals surface area (Å²) in [6.45, 7) is 10.8. The van der Waals surface area contributed by atoms with Gasteiger partial charge in [-0.15, -0.1) is 0 Å². The Labute approximate surface area is 105 Å². The average Bonchev–Trinajstić information content (AvgIpc) is 2.29. The topological polar surface area (TPSA) is 58.4 Å². The van der Waals surface area contributed by atoms with Crippen molar-refractivity contribution in [2.45, 2.75) is 52.6 Å². The SMILES string of the molecule is CC(C)N1CCC(NC(=O)C(C)(C)CN)CC1. The Morgan fingerprint density at radius 1 is 1.41 bits per heavy atom. The molecule has 3 N–H and O–H groups in total. The van der Waals surface area contributed by atoms with Gasteiger partial charge in [0.05, 0.1) is 5.41 Å². The van der Waals surface area contributed by atoms with Crippen LogP contribution in [0, 0.1) is 5.41 Å². The zero-order valence-corrected chi connectivity index (χ0v) is 11.6. The predicted octanol–water partition coefficient (Wildman–Crippen LogP) is 0.960. The lowest BCUT2D eigenvalue weighted by Crippen LogP contribution is -2.50. The van der Waals surface area contributed by atoms with Crippen LogP contribution >= 0.6 is 0 Å². The Morgan fingerprint density at radius 2 is 1.94 bits per heavy atom. The minimum atomic E-state index is -0.449. The number of carbonyl (C=O) groups is 1. The third-order valence-corrected chi connectivity index (χ3v) is 3.72. The molecule has 1 saturated heterocycles. The summed E-state index contributed by atoms with van der Waals surface area (Å²) in [5.74, 6) is 0.0861. The summed E-state index contributed by atoms with van der Waals surface area (Å²) in [5, 5.41) is 3.12. The molecule has 1 rings (SSSR count). The second kappa shape index (κ2) is 5.83. The van der Waals surface area contributed by atoms with Gasteiger partial charge in [-0.1, -0.05) is 0 Å². The summed E-state index contributed by atoms with van der Waals surface area (Å²) in [6, 6.07) is 0.926. The molecule has 0 atom stereocenters. The quantitative estimate of drug-likeness (QED) is 0.771. The summed E-state index contributed by atoms with van der Waals surface area (Å²) in [7, 11) is 0. The lowest BCUT2D eigenvalue weighted by atomic mass is 9.91. The molecule has 1 aliphatic rings. The summed E-state index contributed by atoms with van der Waals surface area (Å²) in [4.78, 5) is 14.4. The van der Waals surface area contributed by atoms with E-state index < -0.39 is 5.41 Å². The monoisotopic (exact) mass is 241 g/mol. The molecule has 0 bridgehead atoms. The first-order valence-corrected chi connectivity index (χ1v) is 6.62. The number of nitrogens with zero attached hydrogens (tertiary/aromatic N) is 1. The van der Waals surface area contributed by atoms with Crippen molar-refractivity contribution >= 4 is 5.91 Å².